The van der Waals surface area contributed by atoms with Crippen LogP contribution in [0.3, 0.4) is 0 Å². The number of amides is 2. The zero-order chi connectivity index (χ0) is 21.3. The second-order valence-corrected chi connectivity index (χ2v) is 6.28. The maximum Gasteiger partial charge on any atom is 0.416 e. The molecule has 2 amide bonds. The molecule has 2 rings (SSSR count). The van der Waals surface area contributed by atoms with Gasteiger partial charge in [-0.25, -0.2) is 9.59 Å². The molecular weight excluding hydrogens is 462 g/mol. The number of aromatic carboxylic acids is 1. The number of hydrogen-bond acceptors (Lipinski definition) is 2. The number of benzene rings is 2. The van der Waals surface area contributed by atoms with Crippen LogP contribution in [-0.2, 0) is 12.4 Å². The van der Waals surface area contributed by atoms with Crippen molar-refractivity contribution in [1.29, 1.82) is 0 Å². The number of alkyl halides is 6. The van der Waals surface area contributed by atoms with Crippen molar-refractivity contribution in [3.05, 3.63) is 57.6 Å². The first-order chi connectivity index (χ1) is 12.8. The molecule has 3 N–H and O–H groups in total. The van der Waals surface area contributed by atoms with Gasteiger partial charge in [0.1, 0.15) is 0 Å². The predicted molar refractivity (Wildman–Crippen MR) is 90.2 cm³/mol. The number of carboxylic acid groups (broad SMARTS) is 1. The van der Waals surface area contributed by atoms with Crippen LogP contribution in [0.25, 0.3) is 0 Å². The molecule has 12 heteroatoms. The normalized spacial score (nSPS) is 11.8. The van der Waals surface area contributed by atoms with Crippen LogP contribution in [-0.4, -0.2) is 17.1 Å². The fourth-order valence-corrected chi connectivity index (χ4v) is 2.48. The Hall–Kier alpha value is -2.76. The highest BCUT2D eigenvalue weighted by Gasteiger charge is 2.37. The summed E-state index contributed by atoms with van der Waals surface area (Å²) in [7, 11) is 0. The molecule has 0 aliphatic rings. The molecule has 0 spiro atoms. The number of anilines is 2. The summed E-state index contributed by atoms with van der Waals surface area (Å²) in [6.45, 7) is 0. The van der Waals surface area contributed by atoms with E-state index >= 15 is 0 Å². The number of carboxylic acids is 1. The lowest BCUT2D eigenvalue weighted by molar-refractivity contribution is -0.143. The Bertz CT molecular complexity index is 895. The molecule has 5 nitrogen and oxygen atoms in total. The van der Waals surface area contributed by atoms with Crippen molar-refractivity contribution in [2.45, 2.75) is 12.4 Å². The van der Waals surface area contributed by atoms with Gasteiger partial charge in [-0.3, -0.25) is 0 Å². The SMILES string of the molecule is O=C(Nc1cc(C(F)(F)F)cc(C(F)(F)F)c1)Nc1ccc(Br)cc1C(=O)O. The topological polar surface area (TPSA) is 78.4 Å². The van der Waals surface area contributed by atoms with Crippen LogP contribution in [0.5, 0.6) is 0 Å². The van der Waals surface area contributed by atoms with Crippen molar-refractivity contribution in [2.24, 2.45) is 0 Å². The molecule has 0 bridgehead atoms. The molecule has 0 radical (unpaired) electrons. The highest BCUT2D eigenvalue weighted by molar-refractivity contribution is 9.10. The van der Waals surface area contributed by atoms with Crippen molar-refractivity contribution in [2.75, 3.05) is 10.6 Å². The van der Waals surface area contributed by atoms with Crippen LogP contribution in [0.2, 0.25) is 0 Å². The van der Waals surface area contributed by atoms with Gasteiger partial charge in [0.15, 0.2) is 0 Å². The van der Waals surface area contributed by atoms with E-state index in [4.69, 9.17) is 5.11 Å². The van der Waals surface area contributed by atoms with Gasteiger partial charge in [-0.15, -0.1) is 0 Å². The van der Waals surface area contributed by atoms with E-state index in [1.165, 1.54) is 12.1 Å². The third kappa shape index (κ3) is 5.38. The summed E-state index contributed by atoms with van der Waals surface area (Å²) in [6, 6.07) is 3.08. The summed E-state index contributed by atoms with van der Waals surface area (Å²) in [5.41, 5.74) is -4.53. The quantitative estimate of drug-likeness (QED) is 0.494. The molecule has 0 saturated carbocycles. The summed E-state index contributed by atoms with van der Waals surface area (Å²) < 4.78 is 77.4. The van der Waals surface area contributed by atoms with E-state index in [0.717, 1.165) is 6.07 Å². The molecule has 0 aliphatic carbocycles. The van der Waals surface area contributed by atoms with Crippen LogP contribution in [0.15, 0.2) is 40.9 Å². The van der Waals surface area contributed by atoms with E-state index in [0.29, 0.717) is 16.6 Å². The number of rotatable bonds is 3. The van der Waals surface area contributed by atoms with E-state index in [1.54, 1.807) is 0 Å². The van der Waals surface area contributed by atoms with Gasteiger partial charge in [0, 0.05) is 10.2 Å². The van der Waals surface area contributed by atoms with Gasteiger partial charge in [0.05, 0.1) is 22.4 Å². The molecule has 2 aromatic rings. The first kappa shape index (κ1) is 21.5. The molecule has 0 unspecified atom stereocenters. The molecule has 0 heterocycles. The second kappa shape index (κ2) is 7.70. The van der Waals surface area contributed by atoms with Gasteiger partial charge in [-0.05, 0) is 36.4 Å². The highest BCUT2D eigenvalue weighted by atomic mass is 79.9. The predicted octanol–water partition coefficient (Wildman–Crippen LogP) is 5.83. The molecule has 28 heavy (non-hydrogen) atoms. The van der Waals surface area contributed by atoms with Gasteiger partial charge in [0.25, 0.3) is 0 Å². The summed E-state index contributed by atoms with van der Waals surface area (Å²) in [6.07, 6.45) is -10.1. The Morgan fingerprint density at radius 3 is 1.86 bits per heavy atom. The first-order valence-corrected chi connectivity index (χ1v) is 7.97. The van der Waals surface area contributed by atoms with Crippen molar-refractivity contribution in [3.63, 3.8) is 0 Å². The Morgan fingerprint density at radius 1 is 0.857 bits per heavy atom. The van der Waals surface area contributed by atoms with Crippen LogP contribution in [0, 0.1) is 0 Å². The molecule has 0 aliphatic heterocycles. The fraction of sp³-hybridized carbons (Fsp3) is 0.125. The fourth-order valence-electron chi connectivity index (χ4n) is 2.11. The zero-order valence-corrected chi connectivity index (χ0v) is 15.0. The number of urea groups is 1. The van der Waals surface area contributed by atoms with E-state index in [2.05, 4.69) is 21.2 Å². The van der Waals surface area contributed by atoms with E-state index in [-0.39, 0.29) is 17.3 Å². The molecule has 0 aromatic heterocycles. The second-order valence-electron chi connectivity index (χ2n) is 5.37. The van der Waals surface area contributed by atoms with Gasteiger partial charge in [-0.2, -0.15) is 26.3 Å². The Labute approximate surface area is 161 Å². The average Bonchev–Trinajstić information content (AvgIpc) is 2.54. The monoisotopic (exact) mass is 470 g/mol. The summed E-state index contributed by atoms with van der Waals surface area (Å²) in [5.74, 6) is -1.41. The smallest absolute Gasteiger partial charge is 0.416 e. The zero-order valence-electron chi connectivity index (χ0n) is 13.4. The largest absolute Gasteiger partial charge is 0.478 e. The minimum Gasteiger partial charge on any atom is -0.478 e. The molecule has 0 saturated heterocycles. The lowest BCUT2D eigenvalue weighted by Gasteiger charge is -2.15. The summed E-state index contributed by atoms with van der Waals surface area (Å²) in [5, 5.41) is 13.0. The van der Waals surface area contributed by atoms with Crippen molar-refractivity contribution >= 4 is 39.3 Å². The Morgan fingerprint density at radius 2 is 1.39 bits per heavy atom. The Kier molecular flexibility index (Phi) is 5.92. The molecule has 0 atom stereocenters. The van der Waals surface area contributed by atoms with E-state index < -0.39 is 41.2 Å². The number of halogens is 7. The first-order valence-electron chi connectivity index (χ1n) is 7.17. The van der Waals surface area contributed by atoms with Crippen LogP contribution < -0.4 is 10.6 Å². The number of carbonyl (C=O) groups is 2. The molecule has 150 valence electrons. The van der Waals surface area contributed by atoms with Crippen LogP contribution >= 0.6 is 15.9 Å². The van der Waals surface area contributed by atoms with Gasteiger partial charge < -0.3 is 15.7 Å². The summed E-state index contributed by atoms with van der Waals surface area (Å²) >= 11 is 3.03. The molecular formula is C16H9BrF6N2O3. The number of carbonyl (C=O) groups excluding carboxylic acids is 1. The third-order valence-corrected chi connectivity index (χ3v) is 3.80. The standard InChI is InChI=1S/C16H9BrF6N2O3/c17-9-1-2-12(11(6-9)13(26)27)25-14(28)24-10-4-7(15(18,19)20)3-8(5-10)16(21,22)23/h1-6H,(H,26,27)(H2,24,25,28). The highest BCUT2D eigenvalue weighted by Crippen LogP contribution is 2.37. The van der Waals surface area contributed by atoms with Crippen molar-refractivity contribution in [1.82, 2.24) is 0 Å². The minimum atomic E-state index is -5.07. The van der Waals surface area contributed by atoms with Gasteiger partial charge in [-0.1, -0.05) is 15.9 Å². The number of hydrogen-bond donors (Lipinski definition) is 3. The lowest BCUT2D eigenvalue weighted by Crippen LogP contribution is -2.22. The summed E-state index contributed by atoms with van der Waals surface area (Å²) in [4.78, 5) is 23.2. The van der Waals surface area contributed by atoms with Crippen molar-refractivity contribution in [3.8, 4) is 0 Å². The maximum absolute atomic E-state index is 12.8. The Balaban J connectivity index is 2.33. The third-order valence-electron chi connectivity index (χ3n) is 3.31. The van der Waals surface area contributed by atoms with Crippen molar-refractivity contribution < 1.29 is 41.0 Å². The average molecular weight is 471 g/mol. The van der Waals surface area contributed by atoms with Crippen LogP contribution in [0.1, 0.15) is 21.5 Å². The van der Waals surface area contributed by atoms with Gasteiger partial charge in [0.2, 0.25) is 0 Å². The lowest BCUT2D eigenvalue weighted by atomic mass is 10.1. The molecule has 2 aromatic carbocycles. The minimum absolute atomic E-state index is 0.0830. The maximum atomic E-state index is 12.8. The van der Waals surface area contributed by atoms with Gasteiger partial charge >= 0.3 is 24.4 Å². The van der Waals surface area contributed by atoms with E-state index in [9.17, 15) is 35.9 Å². The van der Waals surface area contributed by atoms with E-state index in [1.807, 2.05) is 5.32 Å². The van der Waals surface area contributed by atoms with Crippen LogP contribution in [0.4, 0.5) is 42.5 Å². The molecule has 0 fully saturated rings. The number of nitrogens with one attached hydrogen (secondary N) is 2.